The van der Waals surface area contributed by atoms with Gasteiger partial charge in [0.2, 0.25) is 0 Å². The molecule has 0 fully saturated rings. The number of benzene rings is 2. The number of fused-ring (bicyclic) bond motifs is 2. The molecule has 3 heterocycles. The van der Waals surface area contributed by atoms with E-state index in [1.54, 1.807) is 43.0 Å². The normalized spacial score (nSPS) is 18.2. The van der Waals surface area contributed by atoms with Crippen molar-refractivity contribution in [1.82, 2.24) is 4.57 Å². The van der Waals surface area contributed by atoms with Crippen LogP contribution in [-0.4, -0.2) is 29.6 Å². The van der Waals surface area contributed by atoms with Gasteiger partial charge in [-0.15, -0.1) is 0 Å². The standard InChI is InChI=1S/C27H24ClN3O4S/c1-4-14-30-19-9-7-6-8-18(19)21(24(30)32)23-25(33)31-22(16-10-12-17(28)13-11-16)20(26(34)35-5-2)15(3)29-27(31)36-23/h6-13,22H,4-5,14H2,1-3H3/b23-21+. The van der Waals surface area contributed by atoms with E-state index < -0.39 is 12.0 Å². The fraction of sp³-hybridized carbons (Fsp3) is 0.259. The molecule has 7 nitrogen and oxygen atoms in total. The molecule has 0 aliphatic carbocycles. The van der Waals surface area contributed by atoms with Gasteiger partial charge in [-0.05, 0) is 44.0 Å². The van der Waals surface area contributed by atoms with Gasteiger partial charge < -0.3 is 9.64 Å². The average molecular weight is 522 g/mol. The van der Waals surface area contributed by atoms with Gasteiger partial charge in [0.05, 0.1) is 35.2 Å². The largest absolute Gasteiger partial charge is 0.463 e. The zero-order valence-electron chi connectivity index (χ0n) is 20.1. The summed E-state index contributed by atoms with van der Waals surface area (Å²) in [6.45, 7) is 6.21. The molecule has 0 saturated heterocycles. The number of esters is 1. The van der Waals surface area contributed by atoms with Crippen molar-refractivity contribution in [2.45, 2.75) is 33.2 Å². The van der Waals surface area contributed by atoms with Gasteiger partial charge in [-0.25, -0.2) is 9.79 Å². The molecule has 2 aliphatic heterocycles. The molecule has 184 valence electrons. The topological polar surface area (TPSA) is 81.0 Å². The number of para-hydroxylation sites is 1. The summed E-state index contributed by atoms with van der Waals surface area (Å²) in [5.41, 5.74) is 2.97. The molecule has 0 bridgehead atoms. The van der Waals surface area contributed by atoms with Crippen molar-refractivity contribution < 1.29 is 14.3 Å². The number of ether oxygens (including phenoxy) is 1. The lowest BCUT2D eigenvalue weighted by Crippen LogP contribution is -2.41. The Morgan fingerprint density at radius 3 is 2.53 bits per heavy atom. The third-order valence-electron chi connectivity index (χ3n) is 6.28. The molecular formula is C27H24ClN3O4S. The number of carbonyl (C=O) groups excluding carboxylic acids is 2. The van der Waals surface area contributed by atoms with Crippen LogP contribution in [0.1, 0.15) is 44.4 Å². The van der Waals surface area contributed by atoms with Crippen molar-refractivity contribution in [2.24, 2.45) is 4.99 Å². The average Bonchev–Trinajstić information content (AvgIpc) is 3.32. The SMILES string of the molecule is CCCN1C(=O)/C(=c2/sc3n(c2=O)C(c2ccc(Cl)cc2)C(C(=O)OCC)=C(C)N=3)c2ccccc21. The lowest BCUT2D eigenvalue weighted by molar-refractivity contribution is -0.139. The van der Waals surface area contributed by atoms with E-state index in [-0.39, 0.29) is 23.6 Å². The number of amides is 1. The van der Waals surface area contributed by atoms with Crippen molar-refractivity contribution in [3.05, 3.63) is 95.6 Å². The Labute approximate surface area is 216 Å². The van der Waals surface area contributed by atoms with Crippen molar-refractivity contribution in [3.63, 3.8) is 0 Å². The Bertz CT molecular complexity index is 1600. The highest BCUT2D eigenvalue weighted by Gasteiger charge is 2.37. The molecule has 1 atom stereocenters. The van der Waals surface area contributed by atoms with Crippen molar-refractivity contribution in [3.8, 4) is 0 Å². The van der Waals surface area contributed by atoms with Crippen LogP contribution in [0.4, 0.5) is 5.69 Å². The Hall–Kier alpha value is -3.49. The lowest BCUT2D eigenvalue weighted by Gasteiger charge is -2.24. The predicted molar refractivity (Wildman–Crippen MR) is 140 cm³/mol. The van der Waals surface area contributed by atoms with Crippen LogP contribution in [0, 0.1) is 0 Å². The minimum Gasteiger partial charge on any atom is -0.463 e. The first kappa shape index (κ1) is 24.2. The molecule has 9 heteroatoms. The van der Waals surface area contributed by atoms with Gasteiger partial charge in [-0.2, -0.15) is 0 Å². The van der Waals surface area contributed by atoms with Gasteiger partial charge in [0.15, 0.2) is 4.80 Å². The number of carbonyl (C=O) groups is 2. The van der Waals surface area contributed by atoms with Gasteiger partial charge >= 0.3 is 5.97 Å². The number of halogens is 1. The Morgan fingerprint density at radius 2 is 1.83 bits per heavy atom. The molecule has 2 aliphatic rings. The number of hydrogen-bond donors (Lipinski definition) is 0. The molecule has 3 aromatic rings. The molecule has 36 heavy (non-hydrogen) atoms. The number of allylic oxidation sites excluding steroid dienone is 1. The molecule has 0 radical (unpaired) electrons. The van der Waals surface area contributed by atoms with Crippen molar-refractivity contribution >= 4 is 46.1 Å². The van der Waals surface area contributed by atoms with Crippen LogP contribution in [0.2, 0.25) is 5.02 Å². The van der Waals surface area contributed by atoms with E-state index in [0.717, 1.165) is 17.7 Å². The van der Waals surface area contributed by atoms with E-state index in [1.807, 2.05) is 31.2 Å². The van der Waals surface area contributed by atoms with E-state index in [4.69, 9.17) is 16.3 Å². The first-order valence-electron chi connectivity index (χ1n) is 11.8. The van der Waals surface area contributed by atoms with E-state index in [1.165, 1.54) is 15.9 Å². The number of aromatic nitrogens is 1. The summed E-state index contributed by atoms with van der Waals surface area (Å²) < 4.78 is 7.13. The van der Waals surface area contributed by atoms with E-state index in [2.05, 4.69) is 4.99 Å². The van der Waals surface area contributed by atoms with Gasteiger partial charge in [-0.3, -0.25) is 14.2 Å². The molecule has 0 N–H and O–H groups in total. The molecule has 0 saturated carbocycles. The van der Waals surface area contributed by atoms with Crippen LogP contribution in [0.15, 0.2) is 69.6 Å². The second-order valence-electron chi connectivity index (χ2n) is 8.52. The van der Waals surface area contributed by atoms with Gasteiger partial charge in [0.25, 0.3) is 11.5 Å². The lowest BCUT2D eigenvalue weighted by atomic mass is 9.96. The number of anilines is 1. The second-order valence-corrected chi connectivity index (χ2v) is 9.94. The van der Waals surface area contributed by atoms with Gasteiger partial charge in [0.1, 0.15) is 4.53 Å². The van der Waals surface area contributed by atoms with Crippen molar-refractivity contribution in [2.75, 3.05) is 18.1 Å². The quantitative estimate of drug-likeness (QED) is 0.481. The minimum absolute atomic E-state index is 0.191. The fourth-order valence-electron chi connectivity index (χ4n) is 4.75. The molecule has 5 rings (SSSR count). The Balaban J connectivity index is 1.81. The zero-order chi connectivity index (χ0) is 25.6. The fourth-order valence-corrected chi connectivity index (χ4v) is 6.01. The molecule has 1 aromatic heterocycles. The third-order valence-corrected chi connectivity index (χ3v) is 7.58. The van der Waals surface area contributed by atoms with E-state index >= 15 is 0 Å². The van der Waals surface area contributed by atoms with Gasteiger partial charge in [-0.1, -0.05) is 60.2 Å². The summed E-state index contributed by atoms with van der Waals surface area (Å²) in [6, 6.07) is 13.7. The summed E-state index contributed by atoms with van der Waals surface area (Å²) >= 11 is 7.28. The summed E-state index contributed by atoms with van der Waals surface area (Å²) in [6.07, 6.45) is 0.785. The maximum atomic E-state index is 14.0. The Kier molecular flexibility index (Phi) is 6.40. The molecule has 1 amide bonds. The number of nitrogens with zero attached hydrogens (tertiary/aromatic N) is 3. The highest BCUT2D eigenvalue weighted by atomic mass is 35.5. The minimum atomic E-state index is -0.759. The first-order valence-corrected chi connectivity index (χ1v) is 13.0. The van der Waals surface area contributed by atoms with Crippen LogP contribution < -0.4 is 19.8 Å². The second kappa shape index (κ2) is 9.52. The number of hydrogen-bond acceptors (Lipinski definition) is 6. The summed E-state index contributed by atoms with van der Waals surface area (Å²) in [5.74, 6) is -0.735. The highest BCUT2D eigenvalue weighted by molar-refractivity contribution is 7.07. The summed E-state index contributed by atoms with van der Waals surface area (Å²) in [7, 11) is 0. The zero-order valence-corrected chi connectivity index (χ0v) is 21.7. The van der Waals surface area contributed by atoms with Crippen LogP contribution in [0.25, 0.3) is 5.57 Å². The summed E-state index contributed by atoms with van der Waals surface area (Å²) in [4.78, 5) is 47.4. The molecule has 1 unspecified atom stereocenters. The Morgan fingerprint density at radius 1 is 1.11 bits per heavy atom. The van der Waals surface area contributed by atoms with Crippen LogP contribution in [0.5, 0.6) is 0 Å². The molecule has 2 aromatic carbocycles. The predicted octanol–water partition coefficient (Wildman–Crippen LogP) is 3.58. The van der Waals surface area contributed by atoms with E-state index in [0.29, 0.717) is 37.7 Å². The first-order chi connectivity index (χ1) is 17.4. The van der Waals surface area contributed by atoms with Crippen LogP contribution in [0.3, 0.4) is 0 Å². The van der Waals surface area contributed by atoms with Crippen LogP contribution >= 0.6 is 22.9 Å². The third kappa shape index (κ3) is 3.81. The molecular weight excluding hydrogens is 498 g/mol. The van der Waals surface area contributed by atoms with E-state index in [9.17, 15) is 14.4 Å². The van der Waals surface area contributed by atoms with Crippen LogP contribution in [-0.2, 0) is 14.3 Å². The highest BCUT2D eigenvalue weighted by Crippen LogP contribution is 2.35. The molecule has 0 spiro atoms. The number of thiazole rings is 1. The maximum absolute atomic E-state index is 14.0. The van der Waals surface area contributed by atoms with Gasteiger partial charge in [0, 0.05) is 17.1 Å². The van der Waals surface area contributed by atoms with Crippen molar-refractivity contribution in [1.29, 1.82) is 0 Å². The smallest absolute Gasteiger partial charge is 0.338 e. The monoisotopic (exact) mass is 521 g/mol. The number of rotatable bonds is 5. The maximum Gasteiger partial charge on any atom is 0.338 e. The summed E-state index contributed by atoms with van der Waals surface area (Å²) in [5, 5.41) is 0.538.